The quantitative estimate of drug-likeness (QED) is 0.793. The predicted molar refractivity (Wildman–Crippen MR) is 113 cm³/mol. The number of carbonyl (C=O) groups is 2. The highest BCUT2D eigenvalue weighted by molar-refractivity contribution is 7.13. The van der Waals surface area contributed by atoms with Crippen molar-refractivity contribution in [2.24, 2.45) is 17.8 Å². The van der Waals surface area contributed by atoms with Gasteiger partial charge in [0.15, 0.2) is 5.13 Å². The van der Waals surface area contributed by atoms with Gasteiger partial charge in [0.1, 0.15) is 0 Å². The molecule has 1 aromatic rings. The molecule has 160 valence electrons. The lowest BCUT2D eigenvalue weighted by atomic mass is 9.77. The topological polar surface area (TPSA) is 74.8 Å². The molecule has 1 saturated carbocycles. The van der Waals surface area contributed by atoms with Crippen LogP contribution in [0.4, 0.5) is 5.13 Å². The van der Waals surface area contributed by atoms with Gasteiger partial charge in [0.2, 0.25) is 11.8 Å². The number of rotatable bonds is 5. The van der Waals surface area contributed by atoms with E-state index in [9.17, 15) is 9.59 Å². The first-order valence-electron chi connectivity index (χ1n) is 10.9. The van der Waals surface area contributed by atoms with Crippen LogP contribution in [0.2, 0.25) is 0 Å². The highest BCUT2D eigenvalue weighted by Gasteiger charge is 2.41. The van der Waals surface area contributed by atoms with Crippen molar-refractivity contribution in [1.29, 1.82) is 0 Å². The number of carbonyl (C=O) groups excluding carboxylic acids is 2. The van der Waals surface area contributed by atoms with Crippen molar-refractivity contribution >= 4 is 28.3 Å². The Morgan fingerprint density at radius 2 is 2.10 bits per heavy atom. The average molecular weight is 421 g/mol. The van der Waals surface area contributed by atoms with Crippen LogP contribution in [0.5, 0.6) is 0 Å². The molecule has 4 rings (SSSR count). The van der Waals surface area contributed by atoms with E-state index in [1.165, 1.54) is 24.2 Å². The fourth-order valence-corrected chi connectivity index (χ4v) is 5.56. The summed E-state index contributed by atoms with van der Waals surface area (Å²) in [5.74, 6) is 0.900. The summed E-state index contributed by atoms with van der Waals surface area (Å²) in [4.78, 5) is 34.3. The summed E-state index contributed by atoms with van der Waals surface area (Å²) in [7, 11) is 0. The number of amides is 2. The van der Waals surface area contributed by atoms with E-state index < -0.39 is 0 Å². The minimum atomic E-state index is -0.279. The van der Waals surface area contributed by atoms with Gasteiger partial charge < -0.3 is 15.0 Å². The van der Waals surface area contributed by atoms with Crippen molar-refractivity contribution in [2.45, 2.75) is 52.1 Å². The molecule has 1 aliphatic carbocycles. The molecule has 2 amide bonds. The maximum atomic E-state index is 12.8. The van der Waals surface area contributed by atoms with E-state index in [0.29, 0.717) is 29.9 Å². The number of nitrogens with zero attached hydrogens (tertiary/aromatic N) is 3. The molecular formula is C21H32N4O3S. The molecule has 3 heterocycles. The van der Waals surface area contributed by atoms with Crippen LogP contribution < -0.4 is 5.32 Å². The molecule has 1 aromatic heterocycles. The fraction of sp³-hybridized carbons (Fsp3) is 0.762. The van der Waals surface area contributed by atoms with Crippen LogP contribution in [-0.4, -0.2) is 65.5 Å². The Morgan fingerprint density at radius 1 is 1.31 bits per heavy atom. The maximum absolute atomic E-state index is 12.8. The van der Waals surface area contributed by atoms with Crippen molar-refractivity contribution < 1.29 is 14.3 Å². The number of nitrogens with one attached hydrogen (secondary N) is 1. The number of anilines is 1. The molecule has 0 aromatic carbocycles. The highest BCUT2D eigenvalue weighted by Crippen LogP contribution is 2.36. The number of hydrogen-bond acceptors (Lipinski definition) is 6. The van der Waals surface area contributed by atoms with Gasteiger partial charge in [-0.2, -0.15) is 0 Å². The Balaban J connectivity index is 1.31. The second kappa shape index (κ2) is 9.10. The number of aromatic nitrogens is 1. The first kappa shape index (κ1) is 20.8. The van der Waals surface area contributed by atoms with E-state index in [0.717, 1.165) is 45.0 Å². The van der Waals surface area contributed by atoms with Crippen LogP contribution in [0, 0.1) is 17.8 Å². The third kappa shape index (κ3) is 4.81. The van der Waals surface area contributed by atoms with Crippen LogP contribution in [0.1, 0.15) is 45.2 Å². The minimum Gasteiger partial charge on any atom is -0.379 e. The zero-order chi connectivity index (χ0) is 20.4. The molecule has 7 nitrogen and oxygen atoms in total. The molecule has 2 aliphatic heterocycles. The van der Waals surface area contributed by atoms with Crippen molar-refractivity contribution in [3.05, 3.63) is 11.1 Å². The lowest BCUT2D eigenvalue weighted by Gasteiger charge is -2.40. The molecule has 2 saturated heterocycles. The van der Waals surface area contributed by atoms with Gasteiger partial charge in [0, 0.05) is 44.0 Å². The highest BCUT2D eigenvalue weighted by atomic mass is 32.1. The minimum absolute atomic E-state index is 0.0790. The first-order valence-corrected chi connectivity index (χ1v) is 11.7. The lowest BCUT2D eigenvalue weighted by Crippen LogP contribution is -2.45. The van der Waals surface area contributed by atoms with Gasteiger partial charge in [-0.15, -0.1) is 11.3 Å². The van der Waals surface area contributed by atoms with Gasteiger partial charge in [0.05, 0.1) is 24.8 Å². The fourth-order valence-electron chi connectivity index (χ4n) is 4.85. The molecule has 1 N–H and O–H groups in total. The summed E-state index contributed by atoms with van der Waals surface area (Å²) >= 11 is 1.46. The van der Waals surface area contributed by atoms with Gasteiger partial charge >= 0.3 is 0 Å². The number of thiazole rings is 1. The molecule has 3 fully saturated rings. The molecule has 3 aliphatic rings. The van der Waals surface area contributed by atoms with Crippen molar-refractivity contribution in [2.75, 3.05) is 38.2 Å². The first-order chi connectivity index (χ1) is 14.0. The lowest BCUT2D eigenvalue weighted by molar-refractivity contribution is -0.131. The van der Waals surface area contributed by atoms with E-state index >= 15 is 0 Å². The SMILES string of the molecule is CC1CCCC(N2CC(C(=O)Nc3nc(CN4CCOCC4)cs3)CC2=O)C1C. The van der Waals surface area contributed by atoms with E-state index in [1.807, 2.05) is 10.3 Å². The Morgan fingerprint density at radius 3 is 2.90 bits per heavy atom. The third-order valence-electron chi connectivity index (χ3n) is 6.86. The smallest absolute Gasteiger partial charge is 0.231 e. The molecule has 29 heavy (non-hydrogen) atoms. The van der Waals surface area contributed by atoms with Crippen LogP contribution in [-0.2, 0) is 20.9 Å². The van der Waals surface area contributed by atoms with Crippen molar-refractivity contribution in [3.63, 3.8) is 0 Å². The Labute approximate surface area is 176 Å². The van der Waals surface area contributed by atoms with Gasteiger partial charge in [-0.1, -0.05) is 26.7 Å². The number of morpholine rings is 1. The van der Waals surface area contributed by atoms with Gasteiger partial charge in [0.25, 0.3) is 0 Å². The van der Waals surface area contributed by atoms with Crippen LogP contribution >= 0.6 is 11.3 Å². The Bertz CT molecular complexity index is 733. The summed E-state index contributed by atoms with van der Waals surface area (Å²) in [6.07, 6.45) is 3.78. The molecule has 0 spiro atoms. The Hall–Kier alpha value is -1.51. The maximum Gasteiger partial charge on any atom is 0.231 e. The molecule has 4 unspecified atom stereocenters. The molecular weight excluding hydrogens is 388 g/mol. The van der Waals surface area contributed by atoms with Crippen molar-refractivity contribution in [1.82, 2.24) is 14.8 Å². The molecule has 0 radical (unpaired) electrons. The van der Waals surface area contributed by atoms with E-state index in [1.54, 1.807) is 0 Å². The van der Waals surface area contributed by atoms with Crippen LogP contribution in [0.25, 0.3) is 0 Å². The third-order valence-corrected chi connectivity index (χ3v) is 7.67. The molecule has 8 heteroatoms. The summed E-state index contributed by atoms with van der Waals surface area (Å²) in [5, 5.41) is 5.58. The van der Waals surface area contributed by atoms with Gasteiger partial charge in [-0.05, 0) is 18.3 Å². The van der Waals surface area contributed by atoms with Crippen molar-refractivity contribution in [3.8, 4) is 0 Å². The van der Waals surface area contributed by atoms with E-state index in [2.05, 4.69) is 29.0 Å². The zero-order valence-corrected chi connectivity index (χ0v) is 18.2. The summed E-state index contributed by atoms with van der Waals surface area (Å²) in [6.45, 7) is 9.20. The summed E-state index contributed by atoms with van der Waals surface area (Å²) in [5.41, 5.74) is 0.973. The summed E-state index contributed by atoms with van der Waals surface area (Å²) < 4.78 is 5.38. The van der Waals surface area contributed by atoms with Crippen LogP contribution in [0.15, 0.2) is 5.38 Å². The second-order valence-electron chi connectivity index (χ2n) is 8.80. The predicted octanol–water partition coefficient (Wildman–Crippen LogP) is 2.59. The van der Waals surface area contributed by atoms with E-state index in [-0.39, 0.29) is 23.8 Å². The largest absolute Gasteiger partial charge is 0.379 e. The second-order valence-corrected chi connectivity index (χ2v) is 9.66. The van der Waals surface area contributed by atoms with Crippen LogP contribution in [0.3, 0.4) is 0 Å². The van der Waals surface area contributed by atoms with Gasteiger partial charge in [-0.25, -0.2) is 4.98 Å². The average Bonchev–Trinajstić information content (AvgIpc) is 3.31. The number of likely N-dealkylation sites (tertiary alicyclic amines) is 1. The summed E-state index contributed by atoms with van der Waals surface area (Å²) in [6, 6.07) is 0.282. The standard InChI is InChI=1S/C21H32N4O3S/c1-14-4-3-5-18(15(14)2)25-11-16(10-19(25)26)20(27)23-21-22-17(13-29-21)12-24-6-8-28-9-7-24/h13-16,18H,3-12H2,1-2H3,(H,22,23,27). The zero-order valence-electron chi connectivity index (χ0n) is 17.4. The van der Waals surface area contributed by atoms with Gasteiger partial charge in [-0.3, -0.25) is 14.5 Å². The molecule has 4 atom stereocenters. The van der Waals surface area contributed by atoms with E-state index in [4.69, 9.17) is 4.74 Å². The monoisotopic (exact) mass is 420 g/mol. The Kier molecular flexibility index (Phi) is 6.51. The normalized spacial score (nSPS) is 31.2. The number of ether oxygens (including phenoxy) is 1. The molecule has 0 bridgehead atoms. The number of hydrogen-bond donors (Lipinski definition) is 1.